The third-order valence-corrected chi connectivity index (χ3v) is 4.98. The maximum Gasteiger partial charge on any atom is 0.416 e. The molecule has 2 aromatic carbocycles. The van der Waals surface area contributed by atoms with E-state index >= 15 is 0 Å². The predicted molar refractivity (Wildman–Crippen MR) is 104 cm³/mol. The molecule has 1 aromatic heterocycles. The van der Waals surface area contributed by atoms with Gasteiger partial charge in [0.05, 0.1) is 5.56 Å². The Labute approximate surface area is 170 Å². The Hall–Kier alpha value is -3.36. The van der Waals surface area contributed by atoms with Gasteiger partial charge in [-0.2, -0.15) is 18.2 Å². The van der Waals surface area contributed by atoms with E-state index in [0.717, 1.165) is 29.7 Å². The van der Waals surface area contributed by atoms with Crippen LogP contribution in [0.3, 0.4) is 0 Å². The smallest absolute Gasteiger partial charge is 0.337 e. The SMILES string of the molecule is Cc1cccc(-c2noc(C3CCCN3C(=O)Nc3ccc(C(F)(F)F)cc3)n2)c1. The number of benzene rings is 2. The van der Waals surface area contributed by atoms with Crippen molar-refractivity contribution < 1.29 is 22.5 Å². The van der Waals surface area contributed by atoms with Crippen LogP contribution in [0.15, 0.2) is 53.1 Å². The maximum absolute atomic E-state index is 12.7. The van der Waals surface area contributed by atoms with Crippen molar-refractivity contribution in [2.45, 2.75) is 32.0 Å². The minimum atomic E-state index is -4.42. The van der Waals surface area contributed by atoms with Crippen LogP contribution in [0.5, 0.6) is 0 Å². The van der Waals surface area contributed by atoms with E-state index in [4.69, 9.17) is 4.52 Å². The van der Waals surface area contributed by atoms with E-state index in [2.05, 4.69) is 15.5 Å². The molecule has 1 fully saturated rings. The number of anilines is 1. The number of carbonyl (C=O) groups excluding carboxylic acids is 1. The van der Waals surface area contributed by atoms with Crippen molar-refractivity contribution in [3.8, 4) is 11.4 Å². The van der Waals surface area contributed by atoms with Gasteiger partial charge in [0.25, 0.3) is 0 Å². The van der Waals surface area contributed by atoms with Gasteiger partial charge in [0, 0.05) is 17.8 Å². The van der Waals surface area contributed by atoms with Gasteiger partial charge in [-0.1, -0.05) is 28.9 Å². The minimum Gasteiger partial charge on any atom is -0.337 e. The maximum atomic E-state index is 12.7. The van der Waals surface area contributed by atoms with Crippen molar-refractivity contribution >= 4 is 11.7 Å². The molecule has 9 heteroatoms. The molecule has 0 aliphatic carbocycles. The number of hydrogen-bond acceptors (Lipinski definition) is 4. The van der Waals surface area contributed by atoms with Gasteiger partial charge >= 0.3 is 12.2 Å². The van der Waals surface area contributed by atoms with Gasteiger partial charge < -0.3 is 14.7 Å². The zero-order valence-electron chi connectivity index (χ0n) is 16.1. The van der Waals surface area contributed by atoms with Crippen molar-refractivity contribution in [2.75, 3.05) is 11.9 Å². The van der Waals surface area contributed by atoms with Crippen LogP contribution in [0.4, 0.5) is 23.7 Å². The number of urea groups is 1. The highest BCUT2D eigenvalue weighted by molar-refractivity contribution is 5.89. The van der Waals surface area contributed by atoms with Crippen molar-refractivity contribution in [1.29, 1.82) is 0 Å². The number of amides is 2. The molecular weight excluding hydrogens is 397 g/mol. The molecule has 4 rings (SSSR count). The number of carbonyl (C=O) groups is 1. The van der Waals surface area contributed by atoms with Crippen molar-refractivity contribution in [1.82, 2.24) is 15.0 Å². The molecule has 1 aliphatic heterocycles. The number of rotatable bonds is 3. The van der Waals surface area contributed by atoms with Gasteiger partial charge in [-0.15, -0.1) is 0 Å². The molecule has 2 amide bonds. The molecule has 30 heavy (non-hydrogen) atoms. The topological polar surface area (TPSA) is 71.3 Å². The highest BCUT2D eigenvalue weighted by atomic mass is 19.4. The van der Waals surface area contributed by atoms with E-state index in [-0.39, 0.29) is 11.7 Å². The van der Waals surface area contributed by atoms with E-state index in [1.165, 1.54) is 12.1 Å². The lowest BCUT2D eigenvalue weighted by Crippen LogP contribution is -2.34. The molecule has 0 bridgehead atoms. The number of nitrogens with one attached hydrogen (secondary N) is 1. The predicted octanol–water partition coefficient (Wildman–Crippen LogP) is 5.43. The van der Waals surface area contributed by atoms with Crippen LogP contribution in [-0.2, 0) is 6.18 Å². The lowest BCUT2D eigenvalue weighted by atomic mass is 10.1. The van der Waals surface area contributed by atoms with Crippen LogP contribution < -0.4 is 5.32 Å². The van der Waals surface area contributed by atoms with Gasteiger partial charge in [-0.25, -0.2) is 4.79 Å². The molecule has 0 radical (unpaired) electrons. The first-order valence-electron chi connectivity index (χ1n) is 9.47. The van der Waals surface area contributed by atoms with Crippen LogP contribution >= 0.6 is 0 Å². The number of likely N-dealkylation sites (tertiary alicyclic amines) is 1. The number of aryl methyl sites for hydroxylation is 1. The summed E-state index contributed by atoms with van der Waals surface area (Å²) >= 11 is 0. The second-order valence-electron chi connectivity index (χ2n) is 7.18. The number of halogens is 3. The van der Waals surface area contributed by atoms with Crippen molar-refractivity contribution in [3.63, 3.8) is 0 Å². The van der Waals surface area contributed by atoms with Crippen LogP contribution in [0.25, 0.3) is 11.4 Å². The summed E-state index contributed by atoms with van der Waals surface area (Å²) in [5, 5.41) is 6.67. The Morgan fingerprint density at radius 1 is 1.20 bits per heavy atom. The standard InChI is InChI=1S/C21H19F3N4O2/c1-13-4-2-5-14(12-13)18-26-19(30-27-18)17-6-3-11-28(17)20(29)25-16-9-7-15(8-10-16)21(22,23)24/h2,4-5,7-10,12,17H,3,6,11H2,1H3,(H,25,29). The number of hydrogen-bond donors (Lipinski definition) is 1. The normalized spacial score (nSPS) is 16.7. The summed E-state index contributed by atoms with van der Waals surface area (Å²) < 4.78 is 43.5. The average Bonchev–Trinajstić information content (AvgIpc) is 3.37. The van der Waals surface area contributed by atoms with Gasteiger partial charge in [0.1, 0.15) is 6.04 Å². The average molecular weight is 416 g/mol. The summed E-state index contributed by atoms with van der Waals surface area (Å²) in [6, 6.07) is 11.2. The molecule has 3 aromatic rings. The Morgan fingerprint density at radius 2 is 1.97 bits per heavy atom. The molecular formula is C21H19F3N4O2. The Bertz CT molecular complexity index is 1050. The third kappa shape index (κ3) is 4.14. The van der Waals surface area contributed by atoms with Crippen LogP contribution in [0.2, 0.25) is 0 Å². The molecule has 156 valence electrons. The highest BCUT2D eigenvalue weighted by Gasteiger charge is 2.34. The fourth-order valence-corrected chi connectivity index (χ4v) is 3.48. The summed E-state index contributed by atoms with van der Waals surface area (Å²) in [7, 11) is 0. The number of alkyl halides is 3. The Morgan fingerprint density at radius 3 is 2.67 bits per heavy atom. The molecule has 0 saturated carbocycles. The minimum absolute atomic E-state index is 0.282. The van der Waals surface area contributed by atoms with E-state index in [9.17, 15) is 18.0 Å². The third-order valence-electron chi connectivity index (χ3n) is 4.98. The molecule has 6 nitrogen and oxygen atoms in total. The van der Waals surface area contributed by atoms with E-state index in [1.54, 1.807) is 4.90 Å². The second kappa shape index (κ2) is 7.81. The fraction of sp³-hybridized carbons (Fsp3) is 0.286. The summed E-state index contributed by atoms with van der Waals surface area (Å²) in [5.41, 5.74) is 1.40. The van der Waals surface area contributed by atoms with Gasteiger partial charge in [-0.05, 0) is 50.1 Å². The highest BCUT2D eigenvalue weighted by Crippen LogP contribution is 2.33. The summed E-state index contributed by atoms with van der Waals surface area (Å²) in [5.74, 6) is 0.787. The lowest BCUT2D eigenvalue weighted by Gasteiger charge is -2.22. The quantitative estimate of drug-likeness (QED) is 0.618. The first-order valence-corrected chi connectivity index (χ1v) is 9.47. The van der Waals surface area contributed by atoms with E-state index in [0.29, 0.717) is 24.7 Å². The molecule has 1 N–H and O–H groups in total. The van der Waals surface area contributed by atoms with E-state index < -0.39 is 17.8 Å². The van der Waals surface area contributed by atoms with Gasteiger partial charge in [-0.3, -0.25) is 0 Å². The van der Waals surface area contributed by atoms with Crippen molar-refractivity contribution in [2.24, 2.45) is 0 Å². The molecule has 1 saturated heterocycles. The Balaban J connectivity index is 1.48. The molecule has 0 spiro atoms. The Kier molecular flexibility index (Phi) is 5.19. The monoisotopic (exact) mass is 416 g/mol. The largest absolute Gasteiger partial charge is 0.416 e. The van der Waals surface area contributed by atoms with Crippen molar-refractivity contribution in [3.05, 3.63) is 65.5 Å². The zero-order valence-corrected chi connectivity index (χ0v) is 16.1. The van der Waals surface area contributed by atoms with Gasteiger partial charge in [0.2, 0.25) is 11.7 Å². The summed E-state index contributed by atoms with van der Waals surface area (Å²) in [4.78, 5) is 18.7. The molecule has 1 atom stereocenters. The molecule has 1 aliphatic rings. The number of aromatic nitrogens is 2. The second-order valence-corrected chi connectivity index (χ2v) is 7.18. The summed E-state index contributed by atoms with van der Waals surface area (Å²) in [6.45, 7) is 2.45. The van der Waals surface area contributed by atoms with Crippen LogP contribution in [0, 0.1) is 6.92 Å². The number of nitrogens with zero attached hydrogens (tertiary/aromatic N) is 3. The van der Waals surface area contributed by atoms with Gasteiger partial charge in [0.15, 0.2) is 0 Å². The first kappa shape index (κ1) is 19.9. The van der Waals surface area contributed by atoms with Crippen LogP contribution in [0.1, 0.15) is 35.9 Å². The zero-order chi connectivity index (χ0) is 21.3. The summed E-state index contributed by atoms with van der Waals surface area (Å²) in [6.07, 6.45) is -3.00. The fourth-order valence-electron chi connectivity index (χ4n) is 3.48. The lowest BCUT2D eigenvalue weighted by molar-refractivity contribution is -0.137. The van der Waals surface area contributed by atoms with Crippen LogP contribution in [-0.4, -0.2) is 27.6 Å². The van der Waals surface area contributed by atoms with E-state index in [1.807, 2.05) is 31.2 Å². The molecule has 1 unspecified atom stereocenters. The molecule has 2 heterocycles. The first-order chi connectivity index (χ1) is 14.3.